The Hall–Kier alpha value is -3.69. The van der Waals surface area contributed by atoms with Gasteiger partial charge in [-0.05, 0) is 23.7 Å². The highest BCUT2D eigenvalue weighted by Gasteiger charge is 2.20. The molecule has 0 saturated carbocycles. The lowest BCUT2D eigenvalue weighted by atomic mass is 10.2. The number of nitrogens with zero attached hydrogens (tertiary/aromatic N) is 7. The van der Waals surface area contributed by atoms with Crippen molar-refractivity contribution in [3.63, 3.8) is 0 Å². The molecular weight excluding hydrogens is 422 g/mol. The van der Waals surface area contributed by atoms with E-state index in [9.17, 15) is 0 Å². The highest BCUT2D eigenvalue weighted by Crippen LogP contribution is 2.30. The van der Waals surface area contributed by atoms with Crippen molar-refractivity contribution in [2.75, 3.05) is 31.2 Å². The van der Waals surface area contributed by atoms with E-state index in [-0.39, 0.29) is 0 Å². The van der Waals surface area contributed by atoms with Crippen LogP contribution in [0, 0.1) is 0 Å². The normalized spacial score (nSPS) is 14.2. The Morgan fingerprint density at radius 1 is 0.844 bits per heavy atom. The number of hydrogen-bond acceptors (Lipinski definition) is 8. The average Bonchev–Trinajstić information content (AvgIpc) is 3.53. The molecule has 0 atom stereocenters. The zero-order valence-electron chi connectivity index (χ0n) is 17.1. The number of fused-ring (bicyclic) bond motifs is 1. The third-order valence-corrected chi connectivity index (χ3v) is 6.13. The van der Waals surface area contributed by atoms with Crippen molar-refractivity contribution < 1.29 is 4.74 Å². The summed E-state index contributed by atoms with van der Waals surface area (Å²) >= 11 is 1.36. The van der Waals surface area contributed by atoms with E-state index in [2.05, 4.69) is 20.3 Å². The Bertz CT molecular complexity index is 1360. The summed E-state index contributed by atoms with van der Waals surface area (Å²) in [5, 5.41) is 5.64. The molecular formula is C23H19N7OS. The van der Waals surface area contributed by atoms with E-state index in [0.29, 0.717) is 19.0 Å². The summed E-state index contributed by atoms with van der Waals surface area (Å²) in [6.07, 6.45) is 3.54. The van der Waals surface area contributed by atoms with Crippen LogP contribution in [-0.2, 0) is 4.74 Å². The van der Waals surface area contributed by atoms with Gasteiger partial charge < -0.3 is 9.64 Å². The minimum Gasteiger partial charge on any atom is -0.378 e. The zero-order valence-corrected chi connectivity index (χ0v) is 17.9. The van der Waals surface area contributed by atoms with Gasteiger partial charge in [0.05, 0.1) is 18.9 Å². The molecule has 5 heterocycles. The molecule has 1 aliphatic heterocycles. The second kappa shape index (κ2) is 8.10. The van der Waals surface area contributed by atoms with Gasteiger partial charge in [-0.1, -0.05) is 30.3 Å². The molecule has 0 N–H and O–H groups in total. The zero-order chi connectivity index (χ0) is 21.3. The molecule has 0 spiro atoms. The van der Waals surface area contributed by atoms with Crippen LogP contribution in [0.15, 0.2) is 67.0 Å². The van der Waals surface area contributed by atoms with Gasteiger partial charge in [-0.2, -0.15) is 14.0 Å². The van der Waals surface area contributed by atoms with Crippen molar-refractivity contribution in [3.05, 3.63) is 67.0 Å². The number of morpholine rings is 1. The van der Waals surface area contributed by atoms with E-state index in [1.54, 1.807) is 12.4 Å². The molecule has 1 fully saturated rings. The van der Waals surface area contributed by atoms with Crippen LogP contribution in [-0.4, -0.2) is 55.2 Å². The lowest BCUT2D eigenvalue weighted by molar-refractivity contribution is 0.122. The summed E-state index contributed by atoms with van der Waals surface area (Å²) in [5.74, 6) is 1.69. The predicted molar refractivity (Wildman–Crippen MR) is 124 cm³/mol. The number of hydrogen-bond donors (Lipinski definition) is 0. The van der Waals surface area contributed by atoms with Crippen molar-refractivity contribution in [2.45, 2.75) is 0 Å². The van der Waals surface area contributed by atoms with Crippen LogP contribution < -0.4 is 4.90 Å². The summed E-state index contributed by atoms with van der Waals surface area (Å²) < 4.78 is 12.0. The van der Waals surface area contributed by atoms with Gasteiger partial charge in [0.25, 0.3) is 0 Å². The van der Waals surface area contributed by atoms with Crippen molar-refractivity contribution in [1.29, 1.82) is 0 Å². The molecule has 5 aromatic rings. The maximum atomic E-state index is 5.56. The number of ether oxygens (including phenoxy) is 1. The van der Waals surface area contributed by atoms with Crippen molar-refractivity contribution in [1.82, 2.24) is 28.9 Å². The van der Waals surface area contributed by atoms with Gasteiger partial charge in [0.15, 0.2) is 16.5 Å². The molecule has 9 heteroatoms. The highest BCUT2D eigenvalue weighted by atomic mass is 32.1. The van der Waals surface area contributed by atoms with Gasteiger partial charge in [-0.15, -0.1) is 0 Å². The number of aromatic nitrogens is 6. The summed E-state index contributed by atoms with van der Waals surface area (Å²) in [6.45, 7) is 2.98. The molecule has 1 aliphatic rings. The molecule has 0 bridgehead atoms. The van der Waals surface area contributed by atoms with Gasteiger partial charge >= 0.3 is 0 Å². The molecule has 6 rings (SSSR count). The van der Waals surface area contributed by atoms with Crippen molar-refractivity contribution in [3.8, 4) is 33.3 Å². The standard InChI is InChI=1S/C23H19N7OS/c1-2-4-17(5-3-1)22-26-23(32-28-22)19-15-21(29-10-12-31-13-11-29)30-20(25-19)14-18(27-30)16-6-8-24-9-7-16/h1-9,14-15H,10-13H2. The van der Waals surface area contributed by atoms with Gasteiger partial charge in [0.2, 0.25) is 0 Å². The van der Waals surface area contributed by atoms with E-state index in [4.69, 9.17) is 19.8 Å². The number of benzene rings is 1. The molecule has 8 nitrogen and oxygen atoms in total. The lowest BCUT2D eigenvalue weighted by Crippen LogP contribution is -2.37. The Morgan fingerprint density at radius 3 is 2.47 bits per heavy atom. The number of rotatable bonds is 4. The van der Waals surface area contributed by atoms with E-state index in [1.165, 1.54) is 11.5 Å². The van der Waals surface area contributed by atoms with Gasteiger partial charge in [0.1, 0.15) is 11.5 Å². The fourth-order valence-electron chi connectivity index (χ4n) is 3.78. The third kappa shape index (κ3) is 3.51. The van der Waals surface area contributed by atoms with Crippen LogP contribution >= 0.6 is 11.5 Å². The summed E-state index contributed by atoms with van der Waals surface area (Å²) in [4.78, 5) is 16.1. The summed E-state index contributed by atoms with van der Waals surface area (Å²) in [6, 6.07) is 18.0. The smallest absolute Gasteiger partial charge is 0.173 e. The van der Waals surface area contributed by atoms with Crippen LogP contribution in [0.3, 0.4) is 0 Å². The molecule has 32 heavy (non-hydrogen) atoms. The van der Waals surface area contributed by atoms with Crippen LogP contribution in [0.25, 0.3) is 39.0 Å². The lowest BCUT2D eigenvalue weighted by Gasteiger charge is -2.29. The monoisotopic (exact) mass is 441 g/mol. The maximum absolute atomic E-state index is 5.56. The Balaban J connectivity index is 1.48. The summed E-state index contributed by atoms with van der Waals surface area (Å²) in [7, 11) is 0. The number of pyridine rings is 1. The summed E-state index contributed by atoms with van der Waals surface area (Å²) in [5.41, 5.74) is 4.41. The van der Waals surface area contributed by atoms with Crippen molar-refractivity contribution >= 4 is 23.0 Å². The largest absolute Gasteiger partial charge is 0.378 e. The molecule has 0 unspecified atom stereocenters. The second-order valence-electron chi connectivity index (χ2n) is 7.42. The fraction of sp³-hybridized carbons (Fsp3) is 0.174. The van der Waals surface area contributed by atoms with Crippen LogP contribution in [0.5, 0.6) is 0 Å². The first-order valence-electron chi connectivity index (χ1n) is 10.4. The quantitative estimate of drug-likeness (QED) is 0.419. The highest BCUT2D eigenvalue weighted by molar-refractivity contribution is 7.09. The van der Waals surface area contributed by atoms with E-state index < -0.39 is 0 Å². The first-order valence-corrected chi connectivity index (χ1v) is 11.2. The third-order valence-electron chi connectivity index (χ3n) is 5.40. The maximum Gasteiger partial charge on any atom is 0.173 e. The van der Waals surface area contributed by atoms with E-state index in [1.807, 2.05) is 53.0 Å². The van der Waals surface area contributed by atoms with Crippen molar-refractivity contribution in [2.24, 2.45) is 0 Å². The SMILES string of the molecule is c1ccc(-c2nsc(-c3cc(N4CCOCC4)n4nc(-c5ccncc5)cc4n3)n2)cc1. The second-order valence-corrected chi connectivity index (χ2v) is 8.18. The molecule has 0 amide bonds. The van der Waals surface area contributed by atoms with Gasteiger partial charge in [-0.25, -0.2) is 9.97 Å². The van der Waals surface area contributed by atoms with E-state index >= 15 is 0 Å². The Labute approximate surface area is 188 Å². The predicted octanol–water partition coefficient (Wildman–Crippen LogP) is 3.81. The number of anilines is 1. The Morgan fingerprint density at radius 2 is 1.66 bits per heavy atom. The molecule has 158 valence electrons. The first kappa shape index (κ1) is 19.0. The first-order chi connectivity index (χ1) is 15.8. The minimum atomic E-state index is 0.689. The van der Waals surface area contributed by atoms with E-state index in [0.717, 1.165) is 52.1 Å². The Kier molecular flexibility index (Phi) is 4.82. The minimum absolute atomic E-state index is 0.689. The molecule has 0 aliphatic carbocycles. The van der Waals surface area contributed by atoms with Gasteiger partial charge in [-0.3, -0.25) is 4.98 Å². The van der Waals surface area contributed by atoms with Gasteiger partial charge in [0, 0.05) is 48.7 Å². The fourth-order valence-corrected chi connectivity index (χ4v) is 4.43. The molecule has 1 saturated heterocycles. The van der Waals surface area contributed by atoms with Crippen LogP contribution in [0.1, 0.15) is 0 Å². The molecule has 1 aromatic carbocycles. The topological polar surface area (TPSA) is 81.3 Å². The molecule has 4 aromatic heterocycles. The van der Waals surface area contributed by atoms with Crippen LogP contribution in [0.2, 0.25) is 0 Å². The molecule has 0 radical (unpaired) electrons. The van der Waals surface area contributed by atoms with Crippen LogP contribution in [0.4, 0.5) is 5.82 Å². The average molecular weight is 442 g/mol.